The van der Waals surface area contributed by atoms with Crippen molar-refractivity contribution in [1.82, 2.24) is 5.32 Å². The van der Waals surface area contributed by atoms with E-state index in [0.717, 1.165) is 5.92 Å². The molecule has 0 unspecified atom stereocenters. The lowest BCUT2D eigenvalue weighted by Crippen LogP contribution is -2.34. The second kappa shape index (κ2) is 4.43. The van der Waals surface area contributed by atoms with E-state index in [-0.39, 0.29) is 0 Å². The van der Waals surface area contributed by atoms with Crippen molar-refractivity contribution < 1.29 is 0 Å². The molecular weight excluding hydrogens is 226 g/mol. The second-order valence-electron chi connectivity index (χ2n) is 5.27. The molecule has 0 spiro atoms. The summed E-state index contributed by atoms with van der Waals surface area (Å²) >= 11 is 1.99. The van der Waals surface area contributed by atoms with Gasteiger partial charge < -0.3 is 5.32 Å². The first kappa shape index (κ1) is 11.2. The molecule has 0 radical (unpaired) electrons. The van der Waals surface area contributed by atoms with E-state index in [1.54, 1.807) is 4.88 Å². The lowest BCUT2D eigenvalue weighted by Gasteiger charge is -2.27. The van der Waals surface area contributed by atoms with Crippen molar-refractivity contribution in [3.63, 3.8) is 0 Å². The maximum absolute atomic E-state index is 3.53. The fourth-order valence-electron chi connectivity index (χ4n) is 2.75. The zero-order valence-electron chi connectivity index (χ0n) is 10.5. The van der Waals surface area contributed by atoms with Crippen LogP contribution in [0.5, 0.6) is 0 Å². The summed E-state index contributed by atoms with van der Waals surface area (Å²) in [6, 6.07) is 9.86. The normalized spacial score (nSPS) is 25.3. The number of fused-ring (bicyclic) bond motifs is 1. The number of aryl methyl sites for hydroxylation is 1. The van der Waals surface area contributed by atoms with Crippen molar-refractivity contribution in [2.45, 2.75) is 38.6 Å². The standard InChI is InChI=1S/C15H19NS/c1-10-3-4-12-9-15(17-14(12)7-10)13-5-6-16-11(2)8-13/h3-4,7,9,11,13,16H,5-6,8H2,1-2H3/t11-,13-/m1/s1. The molecule has 0 aliphatic carbocycles. The molecule has 17 heavy (non-hydrogen) atoms. The Bertz CT molecular complexity index is 529. The van der Waals surface area contributed by atoms with Crippen LogP contribution in [0.3, 0.4) is 0 Å². The highest BCUT2D eigenvalue weighted by Crippen LogP contribution is 2.36. The molecule has 1 aliphatic heterocycles. The predicted molar refractivity (Wildman–Crippen MR) is 76.0 cm³/mol. The van der Waals surface area contributed by atoms with Crippen LogP contribution in [-0.4, -0.2) is 12.6 Å². The van der Waals surface area contributed by atoms with Gasteiger partial charge in [-0.3, -0.25) is 0 Å². The number of rotatable bonds is 1. The van der Waals surface area contributed by atoms with Gasteiger partial charge in [0, 0.05) is 15.6 Å². The minimum Gasteiger partial charge on any atom is -0.314 e. The molecule has 1 aromatic carbocycles. The quantitative estimate of drug-likeness (QED) is 0.798. The lowest BCUT2D eigenvalue weighted by molar-refractivity contribution is 0.384. The lowest BCUT2D eigenvalue weighted by atomic mass is 9.92. The topological polar surface area (TPSA) is 12.0 Å². The molecule has 1 fully saturated rings. The van der Waals surface area contributed by atoms with E-state index < -0.39 is 0 Å². The van der Waals surface area contributed by atoms with Crippen molar-refractivity contribution >= 4 is 21.4 Å². The minimum atomic E-state index is 0.667. The number of hydrogen-bond donors (Lipinski definition) is 1. The number of hydrogen-bond acceptors (Lipinski definition) is 2. The summed E-state index contributed by atoms with van der Waals surface area (Å²) in [6.45, 7) is 5.63. The molecule has 1 N–H and O–H groups in total. The summed E-state index contributed by atoms with van der Waals surface area (Å²) in [4.78, 5) is 1.58. The monoisotopic (exact) mass is 245 g/mol. The highest BCUT2D eigenvalue weighted by atomic mass is 32.1. The van der Waals surface area contributed by atoms with Crippen molar-refractivity contribution in [1.29, 1.82) is 0 Å². The van der Waals surface area contributed by atoms with E-state index >= 15 is 0 Å². The van der Waals surface area contributed by atoms with Crippen LogP contribution in [0, 0.1) is 6.92 Å². The van der Waals surface area contributed by atoms with Gasteiger partial charge in [-0.05, 0) is 62.2 Å². The molecule has 2 atom stereocenters. The van der Waals surface area contributed by atoms with Crippen LogP contribution in [0.1, 0.15) is 36.1 Å². The van der Waals surface area contributed by atoms with Gasteiger partial charge in [0.2, 0.25) is 0 Å². The number of nitrogens with one attached hydrogen (secondary N) is 1. The molecule has 0 saturated carbocycles. The third-order valence-electron chi connectivity index (χ3n) is 3.72. The third kappa shape index (κ3) is 2.24. The summed E-state index contributed by atoms with van der Waals surface area (Å²) in [6.07, 6.45) is 2.57. The van der Waals surface area contributed by atoms with E-state index in [4.69, 9.17) is 0 Å². The van der Waals surface area contributed by atoms with Gasteiger partial charge in [-0.15, -0.1) is 11.3 Å². The predicted octanol–water partition coefficient (Wildman–Crippen LogP) is 4.07. The number of benzene rings is 1. The Hall–Kier alpha value is -0.860. The third-order valence-corrected chi connectivity index (χ3v) is 4.98. The first-order valence-corrected chi connectivity index (χ1v) is 7.27. The Balaban J connectivity index is 1.94. The van der Waals surface area contributed by atoms with Crippen molar-refractivity contribution in [2.24, 2.45) is 0 Å². The second-order valence-corrected chi connectivity index (χ2v) is 6.38. The molecule has 0 amide bonds. The Morgan fingerprint density at radius 2 is 2.18 bits per heavy atom. The first-order valence-electron chi connectivity index (χ1n) is 6.46. The van der Waals surface area contributed by atoms with Gasteiger partial charge in [0.05, 0.1) is 0 Å². The zero-order chi connectivity index (χ0) is 11.8. The summed E-state index contributed by atoms with van der Waals surface area (Å²) in [5, 5.41) is 4.95. The Kier molecular flexibility index (Phi) is 2.93. The smallest absolute Gasteiger partial charge is 0.0348 e. The molecule has 1 saturated heterocycles. The number of thiophene rings is 1. The van der Waals surface area contributed by atoms with E-state index in [2.05, 4.69) is 43.4 Å². The van der Waals surface area contributed by atoms with Crippen molar-refractivity contribution in [2.75, 3.05) is 6.54 Å². The summed E-state index contributed by atoms with van der Waals surface area (Å²) in [5.74, 6) is 0.768. The van der Waals surface area contributed by atoms with Gasteiger partial charge >= 0.3 is 0 Å². The van der Waals surface area contributed by atoms with Gasteiger partial charge in [0.15, 0.2) is 0 Å². The maximum Gasteiger partial charge on any atom is 0.0348 e. The summed E-state index contributed by atoms with van der Waals surface area (Å²) in [5.41, 5.74) is 1.37. The van der Waals surface area contributed by atoms with Crippen molar-refractivity contribution in [3.05, 3.63) is 34.7 Å². The molecule has 1 nitrogen and oxygen atoms in total. The first-order chi connectivity index (χ1) is 8.22. The van der Waals surface area contributed by atoms with E-state index in [9.17, 15) is 0 Å². The average molecular weight is 245 g/mol. The van der Waals surface area contributed by atoms with E-state index in [1.165, 1.54) is 35.0 Å². The minimum absolute atomic E-state index is 0.667. The van der Waals surface area contributed by atoms with Crippen molar-refractivity contribution in [3.8, 4) is 0 Å². The average Bonchev–Trinajstić information content (AvgIpc) is 2.72. The van der Waals surface area contributed by atoms with Crippen LogP contribution >= 0.6 is 11.3 Å². The zero-order valence-corrected chi connectivity index (χ0v) is 11.3. The molecule has 0 bridgehead atoms. The van der Waals surface area contributed by atoms with Gasteiger partial charge in [-0.2, -0.15) is 0 Å². The fraction of sp³-hybridized carbons (Fsp3) is 0.467. The van der Waals surface area contributed by atoms with Crippen LogP contribution in [0.15, 0.2) is 24.3 Å². The van der Waals surface area contributed by atoms with Gasteiger partial charge in [-0.25, -0.2) is 0 Å². The molecule has 1 aliphatic rings. The molecule has 2 aromatic rings. The fourth-order valence-corrected chi connectivity index (χ4v) is 4.06. The van der Waals surface area contributed by atoms with E-state index in [1.807, 2.05) is 11.3 Å². The molecule has 1 aromatic heterocycles. The molecule has 2 heterocycles. The number of piperidine rings is 1. The highest BCUT2D eigenvalue weighted by molar-refractivity contribution is 7.19. The SMILES string of the molecule is Cc1ccc2cc([C@@H]3CCN[C@H](C)C3)sc2c1. The van der Waals surface area contributed by atoms with Gasteiger partial charge in [0.1, 0.15) is 0 Å². The molecule has 3 rings (SSSR count). The van der Waals surface area contributed by atoms with Crippen LogP contribution in [0.4, 0.5) is 0 Å². The Morgan fingerprint density at radius 1 is 1.29 bits per heavy atom. The van der Waals surface area contributed by atoms with Crippen LogP contribution in [0.25, 0.3) is 10.1 Å². The Morgan fingerprint density at radius 3 is 3.00 bits per heavy atom. The highest BCUT2D eigenvalue weighted by Gasteiger charge is 2.21. The van der Waals surface area contributed by atoms with Crippen LogP contribution in [0.2, 0.25) is 0 Å². The van der Waals surface area contributed by atoms with Crippen LogP contribution in [-0.2, 0) is 0 Å². The molecular formula is C15H19NS. The molecule has 2 heteroatoms. The largest absolute Gasteiger partial charge is 0.314 e. The summed E-state index contributed by atoms with van der Waals surface area (Å²) < 4.78 is 1.45. The van der Waals surface area contributed by atoms with E-state index in [0.29, 0.717) is 6.04 Å². The van der Waals surface area contributed by atoms with Gasteiger partial charge in [0.25, 0.3) is 0 Å². The van der Waals surface area contributed by atoms with Gasteiger partial charge in [-0.1, -0.05) is 12.1 Å². The maximum atomic E-state index is 3.53. The molecule has 90 valence electrons. The van der Waals surface area contributed by atoms with Crippen LogP contribution < -0.4 is 5.32 Å². The Labute approximate surface area is 107 Å². The summed E-state index contributed by atoms with van der Waals surface area (Å²) in [7, 11) is 0.